The molecule has 2 aromatic heterocycles. The molecule has 1 unspecified atom stereocenters. The smallest absolute Gasteiger partial charge is 0.240 e. The number of Topliss-reactive ketones (excluding diaryl/α,β-unsaturated/α-hetero) is 1. The molecule has 8 rings (SSSR count). The summed E-state index contributed by atoms with van der Waals surface area (Å²) in [5, 5.41) is 3.47. The van der Waals surface area contributed by atoms with E-state index < -0.39 is 44.5 Å². The Bertz CT molecular complexity index is 2120. The summed E-state index contributed by atoms with van der Waals surface area (Å²) in [6.07, 6.45) is 14.0. The molecule has 55 heavy (non-hydrogen) atoms. The predicted molar refractivity (Wildman–Crippen MR) is 211 cm³/mol. The Hall–Kier alpha value is -3.84. The zero-order valence-electron chi connectivity index (χ0n) is 32.1. The van der Waals surface area contributed by atoms with Gasteiger partial charge in [0.2, 0.25) is 21.8 Å². The number of nitrogens with zero attached hydrogens (tertiary/aromatic N) is 3. The van der Waals surface area contributed by atoms with Gasteiger partial charge in [0, 0.05) is 54.2 Å². The highest BCUT2D eigenvalue weighted by atomic mass is 32.2. The van der Waals surface area contributed by atoms with E-state index in [2.05, 4.69) is 10.1 Å². The summed E-state index contributed by atoms with van der Waals surface area (Å²) in [5.41, 5.74) is 1.97. The Morgan fingerprint density at radius 1 is 0.982 bits per heavy atom. The Labute approximate surface area is 327 Å². The monoisotopic (exact) mass is 788 g/mol. The van der Waals surface area contributed by atoms with Gasteiger partial charge in [0.05, 0.1) is 45.6 Å². The van der Waals surface area contributed by atoms with Gasteiger partial charge in [-0.15, -0.1) is 11.3 Å². The highest BCUT2D eigenvalue weighted by molar-refractivity contribution is 7.90. The molecule has 0 radical (unpaired) electrons. The summed E-state index contributed by atoms with van der Waals surface area (Å²) in [6.45, 7) is 2.56. The third-order valence-electron chi connectivity index (χ3n) is 12.8. The van der Waals surface area contributed by atoms with Gasteiger partial charge in [0.25, 0.3) is 0 Å². The van der Waals surface area contributed by atoms with Crippen molar-refractivity contribution >= 4 is 49.9 Å². The van der Waals surface area contributed by atoms with Gasteiger partial charge < -0.3 is 14.4 Å². The number of aryl methyl sites for hydroxylation is 1. The van der Waals surface area contributed by atoms with E-state index >= 15 is 0 Å². The van der Waals surface area contributed by atoms with E-state index in [1.54, 1.807) is 30.4 Å². The summed E-state index contributed by atoms with van der Waals surface area (Å²) in [5.74, 6) is -0.635. The second-order valence-corrected chi connectivity index (χ2v) is 19.4. The molecule has 0 spiro atoms. The van der Waals surface area contributed by atoms with Crippen molar-refractivity contribution in [1.29, 1.82) is 0 Å². The lowest BCUT2D eigenvalue weighted by Crippen LogP contribution is -2.42. The molecule has 1 aromatic carbocycles. The Morgan fingerprint density at radius 3 is 2.53 bits per heavy atom. The highest BCUT2D eigenvalue weighted by Crippen LogP contribution is 2.58. The number of nitrogens with one attached hydrogen (secondary N) is 1. The van der Waals surface area contributed by atoms with Crippen molar-refractivity contribution in [3.05, 3.63) is 46.3 Å². The van der Waals surface area contributed by atoms with E-state index in [0.29, 0.717) is 61.8 Å². The van der Waals surface area contributed by atoms with E-state index in [-0.39, 0.29) is 24.0 Å². The van der Waals surface area contributed by atoms with Crippen LogP contribution < -0.4 is 14.2 Å². The number of sulfonamides is 1. The van der Waals surface area contributed by atoms with Crippen LogP contribution in [0.2, 0.25) is 0 Å². The number of fused-ring (bicyclic) bond motifs is 3. The van der Waals surface area contributed by atoms with Crippen molar-refractivity contribution in [1.82, 2.24) is 19.6 Å². The summed E-state index contributed by atoms with van der Waals surface area (Å²) >= 11 is 1.68. The number of allylic oxidation sites excluding steroid dienone is 2. The van der Waals surface area contributed by atoms with Crippen LogP contribution in [-0.4, -0.2) is 72.9 Å². The highest BCUT2D eigenvalue weighted by Gasteiger charge is 2.61. The lowest BCUT2D eigenvalue weighted by Gasteiger charge is -2.26. The first-order valence-corrected chi connectivity index (χ1v) is 22.5. The molecule has 13 heteroatoms. The quantitative estimate of drug-likeness (QED) is 0.233. The van der Waals surface area contributed by atoms with Gasteiger partial charge in [-0.1, -0.05) is 31.4 Å². The van der Waals surface area contributed by atoms with Crippen LogP contribution >= 0.6 is 11.3 Å². The van der Waals surface area contributed by atoms with Gasteiger partial charge >= 0.3 is 0 Å². The molecule has 294 valence electrons. The minimum Gasteiger partial charge on any atom is -0.496 e. The number of carbonyl (C=O) groups is 3. The number of amides is 2. The van der Waals surface area contributed by atoms with Crippen molar-refractivity contribution < 1.29 is 32.3 Å². The zero-order valence-corrected chi connectivity index (χ0v) is 33.7. The molecular weight excluding hydrogens is 737 g/mol. The van der Waals surface area contributed by atoms with Crippen molar-refractivity contribution in [2.75, 3.05) is 20.7 Å². The summed E-state index contributed by atoms with van der Waals surface area (Å²) < 4.78 is 40.6. The van der Waals surface area contributed by atoms with E-state index in [0.717, 1.165) is 59.3 Å². The van der Waals surface area contributed by atoms with Gasteiger partial charge in [-0.2, -0.15) is 0 Å². The van der Waals surface area contributed by atoms with Crippen molar-refractivity contribution in [3.63, 3.8) is 0 Å². The molecule has 4 fully saturated rings. The number of ether oxygens (including phenoxy) is 2. The SMILES string of the molecule is COc1ccc2c(O[C@H]3CC4C(=O)N(C)CCCC/C=C\[C@@H]5C[C@@]5(C(=O)NS(=O)(=O)C5CC5)CC(=O)[C@@H]4C3)cc(-c3csc(C4CCCCC4)n3)nc2c1C. The Morgan fingerprint density at radius 2 is 1.76 bits per heavy atom. The van der Waals surface area contributed by atoms with Crippen LogP contribution in [0.3, 0.4) is 0 Å². The maximum absolute atomic E-state index is 14.5. The van der Waals surface area contributed by atoms with E-state index in [1.165, 1.54) is 19.3 Å². The molecule has 4 aliphatic carbocycles. The topological polar surface area (TPSA) is 145 Å². The first-order chi connectivity index (χ1) is 26.5. The van der Waals surface area contributed by atoms with Gasteiger partial charge in [-0.25, -0.2) is 18.4 Å². The average Bonchev–Trinajstić information content (AvgIpc) is 4.06. The van der Waals surface area contributed by atoms with Gasteiger partial charge in [-0.3, -0.25) is 19.1 Å². The minimum atomic E-state index is -3.79. The molecule has 2 amide bonds. The maximum Gasteiger partial charge on any atom is 0.240 e. The molecular formula is C42H52N4O7S2. The van der Waals surface area contributed by atoms with E-state index in [4.69, 9.17) is 19.4 Å². The first kappa shape index (κ1) is 38.1. The second-order valence-electron chi connectivity index (χ2n) is 16.6. The Balaban J connectivity index is 1.10. The standard InChI is InChI=1S/C42H52N4O7S2/c1-25-36(52-3)17-16-30-37(21-33(43-38(25)30)34-24-54-39(44-34)26-11-7-6-8-12-26)53-28-19-31-32(20-28)40(48)46(2)18-10-5-4-9-13-27-22-42(27,23-35(31)47)41(49)45-55(50,51)29-14-15-29/h9,13,16-17,21,24,26-29,31-32H,4-8,10-12,14-15,18-20,22-23H2,1-3H3,(H,45,49)/b13-9-/t27-,28-,31-,32?,42-/m1/s1. The van der Waals surface area contributed by atoms with Gasteiger partial charge in [-0.05, 0) is 89.2 Å². The molecule has 0 bridgehead atoms. The van der Waals surface area contributed by atoms with Crippen LogP contribution in [-0.2, 0) is 24.4 Å². The van der Waals surface area contributed by atoms with Crippen LogP contribution in [0, 0.1) is 30.1 Å². The second kappa shape index (κ2) is 15.2. The number of thiazole rings is 1. The average molecular weight is 789 g/mol. The number of hydrogen-bond acceptors (Lipinski definition) is 10. The van der Waals surface area contributed by atoms with E-state index in [1.807, 2.05) is 37.3 Å². The van der Waals surface area contributed by atoms with Crippen LogP contribution in [0.15, 0.2) is 35.7 Å². The molecule has 1 N–H and O–H groups in total. The van der Waals surface area contributed by atoms with Crippen molar-refractivity contribution in [2.45, 2.75) is 114 Å². The van der Waals surface area contributed by atoms with Crippen LogP contribution in [0.4, 0.5) is 0 Å². The number of pyridine rings is 1. The fourth-order valence-electron chi connectivity index (χ4n) is 9.20. The molecule has 1 aliphatic heterocycles. The number of carbonyl (C=O) groups excluding carboxylic acids is 3. The van der Waals surface area contributed by atoms with Gasteiger partial charge in [0.15, 0.2) is 0 Å². The third-order valence-corrected chi connectivity index (χ3v) is 15.6. The summed E-state index contributed by atoms with van der Waals surface area (Å²) in [7, 11) is -0.355. The fraction of sp³-hybridized carbons (Fsp3) is 0.595. The number of benzene rings is 1. The number of rotatable bonds is 8. The third kappa shape index (κ3) is 7.67. The maximum atomic E-state index is 14.5. The number of aromatic nitrogens is 2. The Kier molecular flexibility index (Phi) is 10.6. The molecule has 3 heterocycles. The lowest BCUT2D eigenvalue weighted by molar-refractivity contribution is -0.140. The van der Waals surface area contributed by atoms with Crippen LogP contribution in [0.5, 0.6) is 11.5 Å². The van der Waals surface area contributed by atoms with Crippen LogP contribution in [0.25, 0.3) is 22.3 Å². The number of methoxy groups -OCH3 is 1. The molecule has 11 nitrogen and oxygen atoms in total. The van der Waals surface area contributed by atoms with Crippen LogP contribution in [0.1, 0.15) is 106 Å². The fourth-order valence-corrected chi connectivity index (χ4v) is 11.6. The largest absolute Gasteiger partial charge is 0.496 e. The number of ketones is 1. The van der Waals surface area contributed by atoms with Gasteiger partial charge in [0.1, 0.15) is 23.4 Å². The zero-order chi connectivity index (χ0) is 38.5. The summed E-state index contributed by atoms with van der Waals surface area (Å²) in [6, 6.07) is 5.78. The van der Waals surface area contributed by atoms with E-state index in [9.17, 15) is 22.8 Å². The lowest BCUT2D eigenvalue weighted by atomic mass is 9.84. The first-order valence-electron chi connectivity index (χ1n) is 20.1. The predicted octanol–water partition coefficient (Wildman–Crippen LogP) is 7.27. The minimum absolute atomic E-state index is 0.0993. The molecule has 4 saturated carbocycles. The van der Waals surface area contributed by atoms with Crippen molar-refractivity contribution in [3.8, 4) is 22.9 Å². The molecule has 3 aromatic rings. The normalized spacial score (nSPS) is 28.6. The van der Waals surface area contributed by atoms with Crippen molar-refractivity contribution in [2.24, 2.45) is 23.2 Å². The summed E-state index contributed by atoms with van der Waals surface area (Å²) in [4.78, 5) is 54.2. The molecule has 0 saturated heterocycles. The molecule has 5 aliphatic rings. The molecule has 5 atom stereocenters. The number of hydrogen-bond donors (Lipinski definition) is 1.